The Hall–Kier alpha value is -0.870. The summed E-state index contributed by atoms with van der Waals surface area (Å²) in [6.07, 6.45) is 2.21. The van der Waals surface area contributed by atoms with Gasteiger partial charge in [-0.1, -0.05) is 27.2 Å². The van der Waals surface area contributed by atoms with E-state index in [0.29, 0.717) is 0 Å². The fraction of sp³-hybridized carbons (Fsp3) is 0.769. The Kier molecular flexibility index (Phi) is 6.89. The molecule has 0 radical (unpaired) electrons. The SMILES string of the molecule is CCCc1cc(CNCCNCC(C)C)[nH]n1. The molecule has 1 aromatic rings. The summed E-state index contributed by atoms with van der Waals surface area (Å²) in [5, 5.41) is 14.1. The first-order chi connectivity index (χ1) is 8.22. The Morgan fingerprint density at radius 3 is 2.76 bits per heavy atom. The lowest BCUT2D eigenvalue weighted by Crippen LogP contribution is -2.29. The van der Waals surface area contributed by atoms with E-state index in [2.05, 4.69) is 47.7 Å². The highest BCUT2D eigenvalue weighted by atomic mass is 15.1. The smallest absolute Gasteiger partial charge is 0.0625 e. The van der Waals surface area contributed by atoms with Crippen LogP contribution in [-0.2, 0) is 13.0 Å². The van der Waals surface area contributed by atoms with Gasteiger partial charge in [-0.15, -0.1) is 0 Å². The Balaban J connectivity index is 2.05. The molecule has 0 fully saturated rings. The summed E-state index contributed by atoms with van der Waals surface area (Å²) in [4.78, 5) is 0. The van der Waals surface area contributed by atoms with Crippen molar-refractivity contribution in [1.29, 1.82) is 0 Å². The molecule has 17 heavy (non-hydrogen) atoms. The second kappa shape index (κ2) is 8.25. The van der Waals surface area contributed by atoms with E-state index in [1.807, 2.05) is 0 Å². The van der Waals surface area contributed by atoms with Crippen molar-refractivity contribution in [3.63, 3.8) is 0 Å². The molecule has 0 unspecified atom stereocenters. The summed E-state index contributed by atoms with van der Waals surface area (Å²) < 4.78 is 0. The van der Waals surface area contributed by atoms with Gasteiger partial charge in [-0.25, -0.2) is 0 Å². The van der Waals surface area contributed by atoms with Crippen molar-refractivity contribution in [3.8, 4) is 0 Å². The summed E-state index contributed by atoms with van der Waals surface area (Å²) in [5.74, 6) is 0.721. The number of H-pyrrole nitrogens is 1. The predicted octanol–water partition coefficient (Wildman–Crippen LogP) is 1.70. The average Bonchev–Trinajstić information content (AvgIpc) is 2.71. The van der Waals surface area contributed by atoms with Crippen LogP contribution in [0.2, 0.25) is 0 Å². The van der Waals surface area contributed by atoms with E-state index in [-0.39, 0.29) is 0 Å². The molecule has 1 heterocycles. The molecule has 98 valence electrons. The van der Waals surface area contributed by atoms with Gasteiger partial charge >= 0.3 is 0 Å². The zero-order chi connectivity index (χ0) is 12.5. The van der Waals surface area contributed by atoms with Crippen LogP contribution in [0.25, 0.3) is 0 Å². The Labute approximate surface area is 105 Å². The largest absolute Gasteiger partial charge is 0.315 e. The monoisotopic (exact) mass is 238 g/mol. The maximum atomic E-state index is 4.26. The van der Waals surface area contributed by atoms with Crippen LogP contribution in [-0.4, -0.2) is 29.8 Å². The average molecular weight is 238 g/mol. The summed E-state index contributed by atoms with van der Waals surface area (Å²) in [5.41, 5.74) is 2.35. The highest BCUT2D eigenvalue weighted by molar-refractivity contribution is 5.08. The van der Waals surface area contributed by atoms with Gasteiger partial charge in [0.25, 0.3) is 0 Å². The lowest BCUT2D eigenvalue weighted by Gasteiger charge is -2.07. The highest BCUT2D eigenvalue weighted by Crippen LogP contribution is 2.01. The molecule has 0 aliphatic carbocycles. The number of nitrogens with zero attached hydrogens (tertiary/aromatic N) is 1. The minimum atomic E-state index is 0.721. The van der Waals surface area contributed by atoms with Gasteiger partial charge in [-0.05, 0) is 24.9 Å². The minimum Gasteiger partial charge on any atom is -0.315 e. The lowest BCUT2D eigenvalue weighted by atomic mass is 10.2. The molecule has 0 saturated heterocycles. The Morgan fingerprint density at radius 1 is 1.29 bits per heavy atom. The molecule has 4 heteroatoms. The molecule has 1 aromatic heterocycles. The summed E-state index contributed by atoms with van der Waals surface area (Å²) in [6.45, 7) is 10.6. The van der Waals surface area contributed by atoms with Crippen molar-refractivity contribution in [3.05, 3.63) is 17.5 Å². The second-order valence-electron chi connectivity index (χ2n) is 4.91. The molecule has 4 nitrogen and oxygen atoms in total. The number of nitrogens with one attached hydrogen (secondary N) is 3. The van der Waals surface area contributed by atoms with Crippen LogP contribution < -0.4 is 10.6 Å². The van der Waals surface area contributed by atoms with E-state index in [4.69, 9.17) is 0 Å². The van der Waals surface area contributed by atoms with E-state index in [1.165, 1.54) is 11.4 Å². The number of rotatable bonds is 9. The van der Waals surface area contributed by atoms with Gasteiger partial charge < -0.3 is 10.6 Å². The van der Waals surface area contributed by atoms with Gasteiger partial charge in [0.05, 0.1) is 5.69 Å². The van der Waals surface area contributed by atoms with Crippen molar-refractivity contribution in [2.75, 3.05) is 19.6 Å². The van der Waals surface area contributed by atoms with Crippen molar-refractivity contribution in [2.45, 2.75) is 40.2 Å². The van der Waals surface area contributed by atoms with Gasteiger partial charge in [-0.2, -0.15) is 5.10 Å². The molecule has 0 saturated carbocycles. The first-order valence-corrected chi connectivity index (χ1v) is 6.67. The maximum absolute atomic E-state index is 4.26. The van der Waals surface area contributed by atoms with Crippen LogP contribution in [0.15, 0.2) is 6.07 Å². The van der Waals surface area contributed by atoms with Crippen LogP contribution in [0.3, 0.4) is 0 Å². The van der Waals surface area contributed by atoms with Crippen molar-refractivity contribution in [2.24, 2.45) is 5.92 Å². The molecular weight excluding hydrogens is 212 g/mol. The van der Waals surface area contributed by atoms with Crippen molar-refractivity contribution in [1.82, 2.24) is 20.8 Å². The van der Waals surface area contributed by atoms with Crippen LogP contribution in [0.1, 0.15) is 38.6 Å². The summed E-state index contributed by atoms with van der Waals surface area (Å²) in [6, 6.07) is 2.15. The highest BCUT2D eigenvalue weighted by Gasteiger charge is 1.99. The zero-order valence-electron chi connectivity index (χ0n) is 11.3. The number of aromatic amines is 1. The number of hydrogen-bond acceptors (Lipinski definition) is 3. The first-order valence-electron chi connectivity index (χ1n) is 6.67. The molecule has 0 amide bonds. The van der Waals surface area contributed by atoms with E-state index in [0.717, 1.165) is 44.9 Å². The molecule has 0 bridgehead atoms. The predicted molar refractivity (Wildman–Crippen MR) is 72.0 cm³/mol. The fourth-order valence-corrected chi connectivity index (χ4v) is 1.67. The van der Waals surface area contributed by atoms with Crippen LogP contribution in [0.5, 0.6) is 0 Å². The summed E-state index contributed by atoms with van der Waals surface area (Å²) >= 11 is 0. The molecule has 1 rings (SSSR count). The third-order valence-corrected chi connectivity index (χ3v) is 2.54. The molecule has 0 aliphatic rings. The maximum Gasteiger partial charge on any atom is 0.0625 e. The fourth-order valence-electron chi connectivity index (χ4n) is 1.67. The van der Waals surface area contributed by atoms with Crippen LogP contribution in [0, 0.1) is 5.92 Å². The van der Waals surface area contributed by atoms with Crippen LogP contribution in [0.4, 0.5) is 0 Å². The van der Waals surface area contributed by atoms with Gasteiger partial charge in [-0.3, -0.25) is 5.10 Å². The van der Waals surface area contributed by atoms with E-state index >= 15 is 0 Å². The molecule has 0 aliphatic heterocycles. The van der Waals surface area contributed by atoms with Gasteiger partial charge in [0, 0.05) is 25.3 Å². The molecule has 0 atom stereocenters. The number of hydrogen-bond donors (Lipinski definition) is 3. The van der Waals surface area contributed by atoms with Gasteiger partial charge in [0.1, 0.15) is 0 Å². The Bertz CT molecular complexity index is 293. The van der Waals surface area contributed by atoms with E-state index in [1.54, 1.807) is 0 Å². The normalized spacial score (nSPS) is 11.3. The molecule has 3 N–H and O–H groups in total. The first kappa shape index (κ1) is 14.2. The van der Waals surface area contributed by atoms with Gasteiger partial charge in [0.15, 0.2) is 0 Å². The van der Waals surface area contributed by atoms with Crippen molar-refractivity contribution < 1.29 is 0 Å². The molecule has 0 spiro atoms. The van der Waals surface area contributed by atoms with E-state index in [9.17, 15) is 0 Å². The van der Waals surface area contributed by atoms with Crippen molar-refractivity contribution >= 4 is 0 Å². The minimum absolute atomic E-state index is 0.721. The standard InChI is InChI=1S/C13H26N4/c1-4-5-12-8-13(17-16-12)10-15-7-6-14-9-11(2)3/h8,11,14-15H,4-7,9-10H2,1-3H3,(H,16,17). The van der Waals surface area contributed by atoms with Crippen LogP contribution >= 0.6 is 0 Å². The lowest BCUT2D eigenvalue weighted by molar-refractivity contribution is 0.534. The number of aromatic nitrogens is 2. The number of aryl methyl sites for hydroxylation is 1. The summed E-state index contributed by atoms with van der Waals surface area (Å²) in [7, 11) is 0. The quantitative estimate of drug-likeness (QED) is 0.574. The second-order valence-corrected chi connectivity index (χ2v) is 4.91. The molecular formula is C13H26N4. The molecule has 0 aromatic carbocycles. The Morgan fingerprint density at radius 2 is 2.06 bits per heavy atom. The van der Waals surface area contributed by atoms with E-state index < -0.39 is 0 Å². The zero-order valence-corrected chi connectivity index (χ0v) is 11.3. The third-order valence-electron chi connectivity index (χ3n) is 2.54. The third kappa shape index (κ3) is 6.44. The van der Waals surface area contributed by atoms with Gasteiger partial charge in [0.2, 0.25) is 0 Å². The topological polar surface area (TPSA) is 52.7 Å².